The number of carbonyl (C=O) groups excluding carboxylic acids is 1. The molecule has 2 nitrogen and oxygen atoms in total. The van der Waals surface area contributed by atoms with Crippen molar-refractivity contribution >= 4 is 5.97 Å². The van der Waals surface area contributed by atoms with E-state index in [9.17, 15) is 4.79 Å². The Morgan fingerprint density at radius 3 is 2.80 bits per heavy atom. The van der Waals surface area contributed by atoms with Crippen molar-refractivity contribution in [3.8, 4) is 11.8 Å². The molecule has 1 fully saturated rings. The van der Waals surface area contributed by atoms with Crippen LogP contribution in [0.4, 0.5) is 0 Å². The number of benzene rings is 1. The predicted octanol–water partition coefficient (Wildman–Crippen LogP) is 1.97. The highest BCUT2D eigenvalue weighted by molar-refractivity contribution is 5.88. The largest absolute Gasteiger partial charge is 0.459 e. The third-order valence-electron chi connectivity index (χ3n) is 2.56. The summed E-state index contributed by atoms with van der Waals surface area (Å²) in [6.45, 7) is 0. The Balaban J connectivity index is 1.96. The Kier molecular flexibility index (Phi) is 2.73. The zero-order valence-corrected chi connectivity index (χ0v) is 8.57. The van der Waals surface area contributed by atoms with Gasteiger partial charge < -0.3 is 4.74 Å². The summed E-state index contributed by atoms with van der Waals surface area (Å²) in [6, 6.07) is 10.3. The van der Waals surface area contributed by atoms with Crippen molar-refractivity contribution in [2.45, 2.75) is 12.3 Å². The first-order valence-corrected chi connectivity index (χ1v) is 4.95. The molecule has 15 heavy (non-hydrogen) atoms. The van der Waals surface area contributed by atoms with Gasteiger partial charge in [-0.25, -0.2) is 4.79 Å². The van der Waals surface area contributed by atoms with Crippen LogP contribution in [0, 0.1) is 17.8 Å². The third-order valence-corrected chi connectivity index (χ3v) is 2.56. The Morgan fingerprint density at radius 1 is 1.40 bits per heavy atom. The highest BCUT2D eigenvalue weighted by Crippen LogP contribution is 2.46. The van der Waals surface area contributed by atoms with Crippen LogP contribution in [-0.4, -0.2) is 13.1 Å². The maximum atomic E-state index is 10.8. The molecule has 1 aromatic rings. The summed E-state index contributed by atoms with van der Waals surface area (Å²) in [6.07, 6.45) is 1.05. The van der Waals surface area contributed by atoms with Gasteiger partial charge in [-0.1, -0.05) is 36.3 Å². The van der Waals surface area contributed by atoms with E-state index in [1.165, 1.54) is 12.7 Å². The second kappa shape index (κ2) is 4.18. The van der Waals surface area contributed by atoms with Crippen molar-refractivity contribution < 1.29 is 9.53 Å². The van der Waals surface area contributed by atoms with E-state index < -0.39 is 5.97 Å². The molecule has 0 saturated heterocycles. The van der Waals surface area contributed by atoms with Crippen molar-refractivity contribution in [1.29, 1.82) is 0 Å². The first kappa shape index (κ1) is 9.79. The van der Waals surface area contributed by atoms with Gasteiger partial charge in [-0.2, -0.15) is 0 Å². The molecule has 1 aliphatic rings. The molecule has 0 heterocycles. The van der Waals surface area contributed by atoms with Gasteiger partial charge in [0.05, 0.1) is 7.11 Å². The van der Waals surface area contributed by atoms with Gasteiger partial charge in [0.15, 0.2) is 0 Å². The number of methoxy groups -OCH3 is 1. The van der Waals surface area contributed by atoms with Gasteiger partial charge in [-0.3, -0.25) is 0 Å². The quantitative estimate of drug-likeness (QED) is 0.393. The topological polar surface area (TPSA) is 26.3 Å². The van der Waals surface area contributed by atoms with Crippen molar-refractivity contribution in [3.63, 3.8) is 0 Å². The lowest BCUT2D eigenvalue weighted by Gasteiger charge is -1.94. The van der Waals surface area contributed by atoms with Gasteiger partial charge in [0.25, 0.3) is 0 Å². The lowest BCUT2D eigenvalue weighted by atomic mass is 10.1. The molecule has 0 amide bonds. The summed E-state index contributed by atoms with van der Waals surface area (Å²) in [5.74, 6) is 5.79. The van der Waals surface area contributed by atoms with Crippen LogP contribution in [-0.2, 0) is 9.53 Å². The minimum atomic E-state index is -0.450. The summed E-state index contributed by atoms with van der Waals surface area (Å²) in [7, 11) is 1.35. The van der Waals surface area contributed by atoms with Crippen LogP contribution in [0.25, 0.3) is 0 Å². The average Bonchev–Trinajstić information content (AvgIpc) is 3.06. The van der Waals surface area contributed by atoms with Crippen LogP contribution < -0.4 is 0 Å². The first-order valence-electron chi connectivity index (χ1n) is 4.95. The molecule has 2 unspecified atom stereocenters. The highest BCUT2D eigenvalue weighted by Gasteiger charge is 2.36. The molecule has 2 atom stereocenters. The second-order valence-corrected chi connectivity index (χ2v) is 3.62. The average molecular weight is 200 g/mol. The van der Waals surface area contributed by atoms with Crippen LogP contribution in [0.2, 0.25) is 0 Å². The van der Waals surface area contributed by atoms with E-state index in [-0.39, 0.29) is 0 Å². The standard InChI is InChI=1S/C13H12O2/c1-15-13(14)8-7-11-9-12(11)10-5-3-2-4-6-10/h2-6,11-12H,9H2,1H3. The fraction of sp³-hybridized carbons (Fsp3) is 0.308. The van der Waals surface area contributed by atoms with E-state index in [1.54, 1.807) is 0 Å². The van der Waals surface area contributed by atoms with Crippen molar-refractivity contribution in [3.05, 3.63) is 35.9 Å². The fourth-order valence-corrected chi connectivity index (χ4v) is 1.63. The Labute approximate surface area is 89.3 Å². The molecule has 76 valence electrons. The van der Waals surface area contributed by atoms with Gasteiger partial charge in [0.1, 0.15) is 0 Å². The molecular formula is C13H12O2. The molecule has 0 aromatic heterocycles. The van der Waals surface area contributed by atoms with Crippen molar-refractivity contribution in [2.24, 2.45) is 5.92 Å². The lowest BCUT2D eigenvalue weighted by molar-refractivity contribution is -0.133. The lowest BCUT2D eigenvalue weighted by Crippen LogP contribution is -1.94. The maximum Gasteiger partial charge on any atom is 0.384 e. The highest BCUT2D eigenvalue weighted by atomic mass is 16.5. The van der Waals surface area contributed by atoms with Gasteiger partial charge >= 0.3 is 5.97 Å². The van der Waals surface area contributed by atoms with Gasteiger partial charge in [0, 0.05) is 11.8 Å². The molecule has 0 bridgehead atoms. The zero-order chi connectivity index (χ0) is 10.7. The molecule has 2 heteroatoms. The number of hydrogen-bond acceptors (Lipinski definition) is 2. The summed E-state index contributed by atoms with van der Waals surface area (Å²) >= 11 is 0. The minimum Gasteiger partial charge on any atom is -0.459 e. The fourth-order valence-electron chi connectivity index (χ4n) is 1.63. The second-order valence-electron chi connectivity index (χ2n) is 3.62. The number of ether oxygens (including phenoxy) is 1. The summed E-state index contributed by atoms with van der Waals surface area (Å²) in [4.78, 5) is 10.8. The normalized spacial score (nSPS) is 22.5. The van der Waals surface area contributed by atoms with Crippen molar-refractivity contribution in [2.75, 3.05) is 7.11 Å². The molecule has 1 saturated carbocycles. The van der Waals surface area contributed by atoms with Crippen LogP contribution in [0.3, 0.4) is 0 Å². The molecule has 1 aliphatic carbocycles. The summed E-state index contributed by atoms with van der Waals surface area (Å²) in [5, 5.41) is 0. The van der Waals surface area contributed by atoms with E-state index in [1.807, 2.05) is 18.2 Å². The number of esters is 1. The smallest absolute Gasteiger partial charge is 0.384 e. The Morgan fingerprint density at radius 2 is 2.13 bits per heavy atom. The summed E-state index contributed by atoms with van der Waals surface area (Å²) < 4.78 is 4.46. The zero-order valence-electron chi connectivity index (χ0n) is 8.57. The van der Waals surface area contributed by atoms with Crippen LogP contribution in [0.1, 0.15) is 17.9 Å². The van der Waals surface area contributed by atoms with Crippen LogP contribution >= 0.6 is 0 Å². The third kappa shape index (κ3) is 2.38. The predicted molar refractivity (Wildman–Crippen MR) is 57.1 cm³/mol. The monoisotopic (exact) mass is 200 g/mol. The van der Waals surface area contributed by atoms with Crippen LogP contribution in [0.5, 0.6) is 0 Å². The van der Waals surface area contributed by atoms with E-state index in [2.05, 4.69) is 28.7 Å². The van der Waals surface area contributed by atoms with Gasteiger partial charge in [-0.15, -0.1) is 0 Å². The Hall–Kier alpha value is -1.75. The van der Waals surface area contributed by atoms with Crippen LogP contribution in [0.15, 0.2) is 30.3 Å². The first-order chi connectivity index (χ1) is 7.31. The van der Waals surface area contributed by atoms with E-state index >= 15 is 0 Å². The minimum absolute atomic E-state index is 0.325. The van der Waals surface area contributed by atoms with Crippen molar-refractivity contribution in [1.82, 2.24) is 0 Å². The number of carbonyl (C=O) groups is 1. The molecule has 2 rings (SSSR count). The molecule has 0 radical (unpaired) electrons. The molecule has 0 N–H and O–H groups in total. The summed E-state index contributed by atoms with van der Waals surface area (Å²) in [5.41, 5.74) is 1.31. The SMILES string of the molecule is COC(=O)C#CC1CC1c1ccccc1. The Bertz CT molecular complexity index is 411. The van der Waals surface area contributed by atoms with Gasteiger partial charge in [0.2, 0.25) is 0 Å². The van der Waals surface area contributed by atoms with Gasteiger partial charge in [-0.05, 0) is 17.9 Å². The molecule has 0 spiro atoms. The van der Waals surface area contributed by atoms with E-state index in [4.69, 9.17) is 0 Å². The number of rotatable bonds is 1. The number of hydrogen-bond donors (Lipinski definition) is 0. The van der Waals surface area contributed by atoms with E-state index in [0.29, 0.717) is 11.8 Å². The molecular weight excluding hydrogens is 188 g/mol. The maximum absolute atomic E-state index is 10.8. The molecule has 0 aliphatic heterocycles. The van der Waals surface area contributed by atoms with E-state index in [0.717, 1.165) is 6.42 Å². The molecule has 1 aromatic carbocycles.